The van der Waals surface area contributed by atoms with Gasteiger partial charge in [0, 0.05) is 11.6 Å². The minimum Gasteiger partial charge on any atom is -0.478 e. The molecule has 4 aromatic carbocycles. The molecule has 7 heteroatoms. The number of ether oxygens (including phenoxy) is 1. The van der Waals surface area contributed by atoms with Crippen LogP contribution in [-0.2, 0) is 10.8 Å². The van der Waals surface area contributed by atoms with Crippen molar-refractivity contribution < 1.29 is 24.0 Å². The van der Waals surface area contributed by atoms with Crippen molar-refractivity contribution in [2.45, 2.75) is 51.4 Å². The van der Waals surface area contributed by atoms with E-state index in [1.54, 1.807) is 48.6 Å². The van der Waals surface area contributed by atoms with Crippen LogP contribution in [-0.4, -0.2) is 16.0 Å². The molecule has 42 heavy (non-hydrogen) atoms. The van der Waals surface area contributed by atoms with E-state index in [0.717, 1.165) is 24.0 Å². The molecule has 5 rings (SSSR count). The standard InChI is InChI=1S/C35H32FNO5/c1-34(2)18-19-35(3,4)32-28(34)6-5-7-31(32)42-30-17-9-22(20-29(30)37(40)41)8-10-25-21-24(13-16-27(25)33(38)39)23-11-14-26(36)15-12-23/h5-17,20-21H,18-19H2,1-4H3,(H,38,39). The van der Waals surface area contributed by atoms with Gasteiger partial charge in [0.15, 0.2) is 0 Å². The summed E-state index contributed by atoms with van der Waals surface area (Å²) < 4.78 is 19.7. The van der Waals surface area contributed by atoms with Crippen molar-refractivity contribution >= 4 is 23.8 Å². The summed E-state index contributed by atoms with van der Waals surface area (Å²) in [6.45, 7) is 8.76. The number of carboxylic acids is 1. The predicted octanol–water partition coefficient (Wildman–Crippen LogP) is 9.41. The lowest BCUT2D eigenvalue weighted by atomic mass is 9.63. The van der Waals surface area contributed by atoms with Crippen LogP contribution in [0.15, 0.2) is 78.9 Å². The van der Waals surface area contributed by atoms with Crippen LogP contribution >= 0.6 is 0 Å². The van der Waals surface area contributed by atoms with Gasteiger partial charge in [0.1, 0.15) is 11.6 Å². The Labute approximate surface area is 244 Å². The van der Waals surface area contributed by atoms with E-state index in [1.807, 2.05) is 12.1 Å². The fourth-order valence-electron chi connectivity index (χ4n) is 5.65. The van der Waals surface area contributed by atoms with Gasteiger partial charge in [-0.05, 0) is 87.9 Å². The van der Waals surface area contributed by atoms with E-state index in [2.05, 4.69) is 33.8 Å². The molecule has 0 unspecified atom stereocenters. The number of carboxylic acid groups (broad SMARTS) is 1. The van der Waals surface area contributed by atoms with E-state index in [9.17, 15) is 24.4 Å². The summed E-state index contributed by atoms with van der Waals surface area (Å²) in [4.78, 5) is 23.5. The predicted molar refractivity (Wildman–Crippen MR) is 163 cm³/mol. The Hall–Kier alpha value is -4.78. The first-order chi connectivity index (χ1) is 19.9. The van der Waals surface area contributed by atoms with Crippen molar-refractivity contribution in [3.63, 3.8) is 0 Å². The van der Waals surface area contributed by atoms with Gasteiger partial charge in [-0.3, -0.25) is 10.1 Å². The second-order valence-electron chi connectivity index (χ2n) is 12.0. The average molecular weight is 566 g/mol. The van der Waals surface area contributed by atoms with Crippen LogP contribution in [0.4, 0.5) is 10.1 Å². The number of nitrogens with zero attached hydrogens (tertiary/aromatic N) is 1. The number of benzene rings is 4. The third-order valence-corrected chi connectivity index (χ3v) is 8.12. The van der Waals surface area contributed by atoms with E-state index in [0.29, 0.717) is 22.4 Å². The van der Waals surface area contributed by atoms with E-state index >= 15 is 0 Å². The molecule has 0 saturated carbocycles. The van der Waals surface area contributed by atoms with Crippen LogP contribution in [0.2, 0.25) is 0 Å². The highest BCUT2D eigenvalue weighted by atomic mass is 19.1. The van der Waals surface area contributed by atoms with Gasteiger partial charge in [-0.2, -0.15) is 0 Å². The van der Waals surface area contributed by atoms with E-state index < -0.39 is 10.9 Å². The number of rotatable bonds is 7. The zero-order valence-electron chi connectivity index (χ0n) is 24.0. The minimum atomic E-state index is -1.10. The zero-order chi connectivity index (χ0) is 30.2. The molecule has 0 atom stereocenters. The molecule has 0 aromatic heterocycles. The van der Waals surface area contributed by atoms with Crippen molar-refractivity contribution in [1.82, 2.24) is 0 Å². The largest absolute Gasteiger partial charge is 0.478 e. The summed E-state index contributed by atoms with van der Waals surface area (Å²) in [6, 6.07) is 21.4. The lowest BCUT2D eigenvalue weighted by Gasteiger charge is -2.42. The Balaban J connectivity index is 1.50. The highest BCUT2D eigenvalue weighted by Gasteiger charge is 2.39. The van der Waals surface area contributed by atoms with Crippen molar-refractivity contribution in [2.75, 3.05) is 0 Å². The topological polar surface area (TPSA) is 89.7 Å². The lowest BCUT2D eigenvalue weighted by molar-refractivity contribution is -0.385. The number of hydrogen-bond acceptors (Lipinski definition) is 4. The molecule has 1 aliphatic rings. The van der Waals surface area contributed by atoms with Crippen LogP contribution in [0, 0.1) is 15.9 Å². The Morgan fingerprint density at radius 2 is 1.57 bits per heavy atom. The van der Waals surface area contributed by atoms with E-state index in [-0.39, 0.29) is 33.6 Å². The van der Waals surface area contributed by atoms with Gasteiger partial charge in [-0.1, -0.05) is 76.2 Å². The highest BCUT2D eigenvalue weighted by Crippen LogP contribution is 2.50. The third kappa shape index (κ3) is 5.68. The number of nitro benzene ring substituents is 1. The van der Waals surface area contributed by atoms with E-state index in [1.165, 1.54) is 29.8 Å². The monoisotopic (exact) mass is 565 g/mol. The number of fused-ring (bicyclic) bond motifs is 1. The number of halogens is 1. The SMILES string of the molecule is CC1(C)CCC(C)(C)c2c(Oc3ccc(C=Cc4cc(-c5ccc(F)cc5)ccc4C(=O)O)cc3[N+](=O)[O-])cccc21. The van der Waals surface area contributed by atoms with Crippen molar-refractivity contribution in [3.05, 3.63) is 123 Å². The van der Waals surface area contributed by atoms with Crippen molar-refractivity contribution in [1.29, 1.82) is 0 Å². The van der Waals surface area contributed by atoms with Gasteiger partial charge >= 0.3 is 11.7 Å². The van der Waals surface area contributed by atoms with Gasteiger partial charge in [0.25, 0.3) is 0 Å². The third-order valence-electron chi connectivity index (χ3n) is 8.12. The maximum absolute atomic E-state index is 13.4. The molecular formula is C35H32FNO5. The second-order valence-corrected chi connectivity index (χ2v) is 12.0. The first-order valence-electron chi connectivity index (χ1n) is 13.8. The molecule has 0 aliphatic heterocycles. The van der Waals surface area contributed by atoms with Gasteiger partial charge < -0.3 is 9.84 Å². The van der Waals surface area contributed by atoms with Crippen LogP contribution in [0.1, 0.15) is 73.1 Å². The maximum atomic E-state index is 13.4. The first-order valence-corrected chi connectivity index (χ1v) is 13.8. The smallest absolute Gasteiger partial charge is 0.336 e. The summed E-state index contributed by atoms with van der Waals surface area (Å²) >= 11 is 0. The maximum Gasteiger partial charge on any atom is 0.336 e. The minimum absolute atomic E-state index is 0.0341. The molecule has 0 amide bonds. The zero-order valence-corrected chi connectivity index (χ0v) is 24.0. The Morgan fingerprint density at radius 3 is 2.26 bits per heavy atom. The second kappa shape index (κ2) is 10.9. The Morgan fingerprint density at radius 1 is 0.881 bits per heavy atom. The van der Waals surface area contributed by atoms with Crippen molar-refractivity contribution in [3.8, 4) is 22.6 Å². The quantitative estimate of drug-likeness (QED) is 0.137. The lowest BCUT2D eigenvalue weighted by Crippen LogP contribution is -2.34. The molecule has 1 N–H and O–H groups in total. The molecule has 0 heterocycles. The van der Waals surface area contributed by atoms with Crippen LogP contribution in [0.3, 0.4) is 0 Å². The van der Waals surface area contributed by atoms with Crippen LogP contribution in [0.25, 0.3) is 23.3 Å². The highest BCUT2D eigenvalue weighted by molar-refractivity contribution is 5.94. The molecule has 214 valence electrons. The molecule has 0 spiro atoms. The summed E-state index contributed by atoms with van der Waals surface area (Å²) in [5, 5.41) is 21.8. The number of hydrogen-bond donors (Lipinski definition) is 1. The molecule has 0 fully saturated rings. The molecule has 0 radical (unpaired) electrons. The van der Waals surface area contributed by atoms with Crippen LogP contribution < -0.4 is 4.74 Å². The summed E-state index contributed by atoms with van der Waals surface area (Å²) in [5.41, 5.74) is 4.32. The molecular weight excluding hydrogens is 533 g/mol. The van der Waals surface area contributed by atoms with Crippen molar-refractivity contribution in [2.24, 2.45) is 0 Å². The summed E-state index contributed by atoms with van der Waals surface area (Å²) in [5.74, 6) is -0.725. The number of nitro groups is 1. The molecule has 1 aliphatic carbocycles. The van der Waals surface area contributed by atoms with Gasteiger partial charge in [0.2, 0.25) is 5.75 Å². The number of carbonyl (C=O) groups is 1. The Kier molecular flexibility index (Phi) is 7.45. The van der Waals surface area contributed by atoms with E-state index in [4.69, 9.17) is 4.74 Å². The average Bonchev–Trinajstić information content (AvgIpc) is 2.95. The molecule has 6 nitrogen and oxygen atoms in total. The number of aromatic carboxylic acids is 1. The molecule has 0 saturated heterocycles. The fraction of sp³-hybridized carbons (Fsp3) is 0.229. The fourth-order valence-corrected chi connectivity index (χ4v) is 5.65. The molecule has 4 aromatic rings. The summed E-state index contributed by atoms with van der Waals surface area (Å²) in [7, 11) is 0. The summed E-state index contributed by atoms with van der Waals surface area (Å²) in [6.07, 6.45) is 5.24. The molecule has 0 bridgehead atoms. The van der Waals surface area contributed by atoms with Gasteiger partial charge in [-0.25, -0.2) is 9.18 Å². The van der Waals surface area contributed by atoms with Crippen LogP contribution in [0.5, 0.6) is 11.5 Å². The normalized spacial score (nSPS) is 15.3. The Bertz CT molecular complexity index is 1720. The van der Waals surface area contributed by atoms with Gasteiger partial charge in [-0.15, -0.1) is 0 Å². The first kappa shape index (κ1) is 28.7. The van der Waals surface area contributed by atoms with Gasteiger partial charge in [0.05, 0.1) is 10.5 Å².